The van der Waals surface area contributed by atoms with Crippen molar-refractivity contribution >= 4 is 11.9 Å². The predicted octanol–water partition coefficient (Wildman–Crippen LogP) is 0.246. The summed E-state index contributed by atoms with van der Waals surface area (Å²) in [6, 6.07) is 0.780. The van der Waals surface area contributed by atoms with Gasteiger partial charge in [-0.2, -0.15) is 0 Å². The van der Waals surface area contributed by atoms with Crippen LogP contribution >= 0.6 is 0 Å². The summed E-state index contributed by atoms with van der Waals surface area (Å²) in [5, 5.41) is 0. The van der Waals surface area contributed by atoms with Gasteiger partial charge in [-0.3, -0.25) is 14.5 Å². The number of nitrogens with zero attached hydrogens (tertiary/aromatic N) is 2. The molecule has 5 heteroatoms. The number of hydrogen-bond acceptors (Lipinski definition) is 4. The Bertz CT molecular complexity index is 294. The van der Waals surface area contributed by atoms with Crippen molar-refractivity contribution in [3.8, 4) is 0 Å². The molecule has 0 aromatic heterocycles. The first-order chi connectivity index (χ1) is 8.20. The molecule has 2 aliphatic rings. The number of rotatable bonds is 4. The van der Waals surface area contributed by atoms with Gasteiger partial charge in [-0.25, -0.2) is 0 Å². The minimum Gasteiger partial charge on any atom is -0.469 e. The average molecular weight is 240 g/mol. The van der Waals surface area contributed by atoms with E-state index in [9.17, 15) is 9.59 Å². The van der Waals surface area contributed by atoms with Crippen LogP contribution in [0.1, 0.15) is 25.7 Å². The van der Waals surface area contributed by atoms with Crippen LogP contribution in [0.3, 0.4) is 0 Å². The van der Waals surface area contributed by atoms with E-state index in [1.165, 1.54) is 20.0 Å². The smallest absolute Gasteiger partial charge is 0.306 e. The zero-order valence-corrected chi connectivity index (χ0v) is 10.4. The Morgan fingerprint density at radius 2 is 1.76 bits per heavy atom. The molecule has 96 valence electrons. The molecule has 2 rings (SSSR count). The van der Waals surface area contributed by atoms with E-state index in [4.69, 9.17) is 0 Å². The molecule has 2 fully saturated rings. The van der Waals surface area contributed by atoms with Crippen LogP contribution in [0.5, 0.6) is 0 Å². The summed E-state index contributed by atoms with van der Waals surface area (Å²) >= 11 is 0. The summed E-state index contributed by atoms with van der Waals surface area (Å²) in [6.45, 7) is 3.57. The van der Waals surface area contributed by atoms with Gasteiger partial charge in [0.15, 0.2) is 0 Å². The van der Waals surface area contributed by atoms with Crippen LogP contribution in [-0.4, -0.2) is 61.0 Å². The highest BCUT2D eigenvalue weighted by Gasteiger charge is 2.32. The highest BCUT2D eigenvalue weighted by atomic mass is 16.5. The lowest BCUT2D eigenvalue weighted by Gasteiger charge is -2.34. The molecule has 0 bridgehead atoms. The lowest BCUT2D eigenvalue weighted by molar-refractivity contribution is -0.144. The van der Waals surface area contributed by atoms with E-state index < -0.39 is 0 Å². The van der Waals surface area contributed by atoms with Gasteiger partial charge in [0.05, 0.1) is 13.5 Å². The first kappa shape index (κ1) is 12.4. The molecule has 5 nitrogen and oxygen atoms in total. The Labute approximate surface area is 102 Å². The lowest BCUT2D eigenvalue weighted by atomic mass is 10.2. The molecule has 1 heterocycles. The van der Waals surface area contributed by atoms with E-state index in [1.807, 2.05) is 4.90 Å². The van der Waals surface area contributed by atoms with Gasteiger partial charge in [0.2, 0.25) is 5.91 Å². The highest BCUT2D eigenvalue weighted by molar-refractivity contribution is 5.81. The minimum atomic E-state index is -0.310. The monoisotopic (exact) mass is 240 g/mol. The molecule has 1 saturated heterocycles. The van der Waals surface area contributed by atoms with Crippen LogP contribution in [0.2, 0.25) is 0 Å². The zero-order valence-electron chi connectivity index (χ0n) is 10.4. The van der Waals surface area contributed by atoms with Crippen molar-refractivity contribution in [2.75, 3.05) is 33.3 Å². The van der Waals surface area contributed by atoms with Crippen molar-refractivity contribution in [3.63, 3.8) is 0 Å². The molecule has 0 spiro atoms. The number of hydrogen-bond donors (Lipinski definition) is 0. The Kier molecular flexibility index (Phi) is 3.99. The van der Waals surface area contributed by atoms with Crippen molar-refractivity contribution in [1.29, 1.82) is 0 Å². The van der Waals surface area contributed by atoms with Gasteiger partial charge in [0.1, 0.15) is 0 Å². The number of amides is 1. The molecule has 1 amide bonds. The number of ether oxygens (including phenoxy) is 1. The Morgan fingerprint density at radius 1 is 1.12 bits per heavy atom. The fourth-order valence-corrected chi connectivity index (χ4v) is 2.25. The first-order valence-corrected chi connectivity index (χ1v) is 6.29. The third-order valence-corrected chi connectivity index (χ3v) is 3.50. The molecule has 0 N–H and O–H groups in total. The maximum absolute atomic E-state index is 11.8. The third-order valence-electron chi connectivity index (χ3n) is 3.50. The quantitative estimate of drug-likeness (QED) is 0.661. The topological polar surface area (TPSA) is 49.9 Å². The number of esters is 1. The summed E-state index contributed by atoms with van der Waals surface area (Å²) < 4.78 is 4.53. The van der Waals surface area contributed by atoms with Gasteiger partial charge in [-0.15, -0.1) is 0 Å². The van der Waals surface area contributed by atoms with Crippen LogP contribution in [0.25, 0.3) is 0 Å². The molecule has 0 radical (unpaired) electrons. The second-order valence-electron chi connectivity index (χ2n) is 4.72. The summed E-state index contributed by atoms with van der Waals surface area (Å²) in [7, 11) is 1.35. The Balaban J connectivity index is 1.68. The Hall–Kier alpha value is -1.10. The van der Waals surface area contributed by atoms with Crippen LogP contribution in [-0.2, 0) is 14.3 Å². The molecule has 0 unspecified atom stereocenters. The second kappa shape index (κ2) is 5.49. The van der Waals surface area contributed by atoms with Crippen LogP contribution in [0.4, 0.5) is 0 Å². The largest absolute Gasteiger partial charge is 0.469 e. The molecule has 0 aromatic rings. The molecule has 1 saturated carbocycles. The van der Waals surface area contributed by atoms with Crippen molar-refractivity contribution in [3.05, 3.63) is 0 Å². The molecule has 17 heavy (non-hydrogen) atoms. The molecular formula is C12H20N2O3. The van der Waals surface area contributed by atoms with Crippen molar-refractivity contribution in [2.45, 2.75) is 31.7 Å². The number of methoxy groups -OCH3 is 1. The van der Waals surface area contributed by atoms with Gasteiger partial charge < -0.3 is 9.64 Å². The van der Waals surface area contributed by atoms with Crippen LogP contribution in [0.15, 0.2) is 0 Å². The normalized spacial score (nSPS) is 21.4. The van der Waals surface area contributed by atoms with E-state index in [0.717, 1.165) is 32.2 Å². The molecule has 0 atom stereocenters. The Morgan fingerprint density at radius 3 is 2.29 bits per heavy atom. The van der Waals surface area contributed by atoms with Crippen molar-refractivity contribution in [2.24, 2.45) is 0 Å². The van der Waals surface area contributed by atoms with E-state index in [1.54, 1.807) is 0 Å². The first-order valence-electron chi connectivity index (χ1n) is 6.29. The van der Waals surface area contributed by atoms with Gasteiger partial charge >= 0.3 is 5.97 Å². The summed E-state index contributed by atoms with van der Waals surface area (Å²) in [4.78, 5) is 27.1. The van der Waals surface area contributed by atoms with Crippen molar-refractivity contribution < 1.29 is 14.3 Å². The molecule has 1 aliphatic heterocycles. The van der Waals surface area contributed by atoms with Crippen molar-refractivity contribution in [1.82, 2.24) is 9.80 Å². The summed E-state index contributed by atoms with van der Waals surface area (Å²) in [5.74, 6) is -0.235. The van der Waals surface area contributed by atoms with E-state index in [2.05, 4.69) is 9.64 Å². The van der Waals surface area contributed by atoms with E-state index in [0.29, 0.717) is 0 Å². The maximum Gasteiger partial charge on any atom is 0.306 e. The summed E-state index contributed by atoms with van der Waals surface area (Å²) in [6.07, 6.45) is 3.10. The third kappa shape index (κ3) is 3.43. The fourth-order valence-electron chi connectivity index (χ4n) is 2.25. The van der Waals surface area contributed by atoms with E-state index in [-0.39, 0.29) is 24.7 Å². The summed E-state index contributed by atoms with van der Waals surface area (Å²) in [5.41, 5.74) is 0. The van der Waals surface area contributed by atoms with Gasteiger partial charge in [-0.05, 0) is 12.8 Å². The van der Waals surface area contributed by atoms with Gasteiger partial charge in [-0.1, -0.05) is 0 Å². The SMILES string of the molecule is COC(=O)CCC(=O)N1CCN(C2CC2)CC1. The minimum absolute atomic E-state index is 0.0749. The molecule has 1 aliphatic carbocycles. The number of piperazine rings is 1. The van der Waals surface area contributed by atoms with Gasteiger partial charge in [0.25, 0.3) is 0 Å². The zero-order chi connectivity index (χ0) is 12.3. The maximum atomic E-state index is 11.8. The molecule has 0 aromatic carbocycles. The standard InChI is InChI=1S/C12H20N2O3/c1-17-12(16)5-4-11(15)14-8-6-13(7-9-14)10-2-3-10/h10H,2-9H2,1H3. The highest BCUT2D eigenvalue weighted by Crippen LogP contribution is 2.27. The fraction of sp³-hybridized carbons (Fsp3) is 0.833. The van der Waals surface area contributed by atoms with E-state index >= 15 is 0 Å². The van der Waals surface area contributed by atoms with Crippen LogP contribution < -0.4 is 0 Å². The number of carbonyl (C=O) groups is 2. The van der Waals surface area contributed by atoms with Crippen LogP contribution in [0, 0.1) is 0 Å². The lowest BCUT2D eigenvalue weighted by Crippen LogP contribution is -2.49. The average Bonchev–Trinajstić information content (AvgIpc) is 3.20. The van der Waals surface area contributed by atoms with Gasteiger partial charge in [0, 0.05) is 38.6 Å². The number of carbonyl (C=O) groups excluding carboxylic acids is 2. The second-order valence-corrected chi connectivity index (χ2v) is 4.72. The molecular weight excluding hydrogens is 220 g/mol. The predicted molar refractivity (Wildman–Crippen MR) is 62.4 cm³/mol.